The normalized spacial score (nSPS) is 17.6. The highest BCUT2D eigenvalue weighted by atomic mass is 16.5. The topological polar surface area (TPSA) is 70.6 Å². The molecule has 0 saturated carbocycles. The molecule has 21 heavy (non-hydrogen) atoms. The van der Waals surface area contributed by atoms with E-state index >= 15 is 0 Å². The van der Waals surface area contributed by atoms with Crippen LogP contribution >= 0.6 is 0 Å². The van der Waals surface area contributed by atoms with Crippen molar-refractivity contribution in [3.8, 4) is 0 Å². The third-order valence-corrected chi connectivity index (χ3v) is 3.31. The van der Waals surface area contributed by atoms with Crippen molar-refractivity contribution in [1.29, 1.82) is 0 Å². The zero-order valence-corrected chi connectivity index (χ0v) is 13.1. The van der Waals surface area contributed by atoms with Gasteiger partial charge in [-0.3, -0.25) is 4.79 Å². The van der Waals surface area contributed by atoms with Crippen LogP contribution in [0.25, 0.3) is 0 Å². The monoisotopic (exact) mass is 293 g/mol. The summed E-state index contributed by atoms with van der Waals surface area (Å²) in [5.74, 6) is 1.03. The van der Waals surface area contributed by atoms with Gasteiger partial charge in [-0.05, 0) is 12.8 Å². The molecule has 1 aliphatic rings. The van der Waals surface area contributed by atoms with Crippen molar-refractivity contribution in [3.63, 3.8) is 0 Å². The molecule has 1 amide bonds. The first kappa shape index (κ1) is 15.5. The van der Waals surface area contributed by atoms with Gasteiger partial charge in [-0.2, -0.15) is 4.98 Å². The second-order valence-corrected chi connectivity index (χ2v) is 5.55. The standard InChI is InChI=1S/C14H23N5O2/c1-18(2)12-8-11(16-14(17-12)19(3)4)13(20)15-9-10-6-5-7-21-10/h8,10H,5-7,9H2,1-4H3,(H,15,20). The molecule has 1 fully saturated rings. The van der Waals surface area contributed by atoms with E-state index in [9.17, 15) is 4.79 Å². The zero-order chi connectivity index (χ0) is 15.4. The minimum absolute atomic E-state index is 0.123. The van der Waals surface area contributed by atoms with E-state index in [0.717, 1.165) is 19.4 Å². The second-order valence-electron chi connectivity index (χ2n) is 5.55. The molecule has 116 valence electrons. The molecule has 0 radical (unpaired) electrons. The fourth-order valence-electron chi connectivity index (χ4n) is 2.07. The SMILES string of the molecule is CN(C)c1cc(C(=O)NCC2CCCO2)nc(N(C)C)n1. The Morgan fingerprint density at radius 2 is 2.10 bits per heavy atom. The first-order valence-corrected chi connectivity index (χ1v) is 7.11. The molecule has 0 bridgehead atoms. The molecule has 0 aliphatic carbocycles. The lowest BCUT2D eigenvalue weighted by molar-refractivity contribution is 0.0853. The Kier molecular flexibility index (Phi) is 4.95. The van der Waals surface area contributed by atoms with Gasteiger partial charge < -0.3 is 19.9 Å². The summed E-state index contributed by atoms with van der Waals surface area (Å²) in [5.41, 5.74) is 0.371. The number of hydrogen-bond donors (Lipinski definition) is 1. The Labute approximate surface area is 125 Å². The third kappa shape index (κ3) is 4.04. The van der Waals surface area contributed by atoms with Crippen molar-refractivity contribution in [2.24, 2.45) is 0 Å². The van der Waals surface area contributed by atoms with Gasteiger partial charge in [0.25, 0.3) is 5.91 Å². The number of ether oxygens (including phenoxy) is 1. The van der Waals surface area contributed by atoms with E-state index in [4.69, 9.17) is 4.74 Å². The number of carbonyl (C=O) groups is 1. The summed E-state index contributed by atoms with van der Waals surface area (Å²) in [5, 5.41) is 2.88. The first-order valence-electron chi connectivity index (χ1n) is 7.11. The molecule has 1 saturated heterocycles. The molecule has 2 rings (SSSR count). The van der Waals surface area contributed by atoms with Gasteiger partial charge in [0.1, 0.15) is 11.5 Å². The third-order valence-electron chi connectivity index (χ3n) is 3.31. The predicted molar refractivity (Wildman–Crippen MR) is 82.0 cm³/mol. The van der Waals surface area contributed by atoms with Crippen LogP contribution in [0.1, 0.15) is 23.3 Å². The van der Waals surface area contributed by atoms with Crippen LogP contribution < -0.4 is 15.1 Å². The van der Waals surface area contributed by atoms with E-state index in [1.165, 1.54) is 0 Å². The minimum atomic E-state index is -0.195. The Bertz CT molecular complexity index is 472. The average molecular weight is 293 g/mol. The summed E-state index contributed by atoms with van der Waals surface area (Å²) >= 11 is 0. The van der Waals surface area contributed by atoms with Crippen molar-refractivity contribution >= 4 is 17.7 Å². The van der Waals surface area contributed by atoms with E-state index in [-0.39, 0.29) is 12.0 Å². The van der Waals surface area contributed by atoms with Gasteiger partial charge in [0.15, 0.2) is 0 Å². The molecule has 7 nitrogen and oxygen atoms in total. The lowest BCUT2D eigenvalue weighted by Gasteiger charge is -2.17. The number of hydrogen-bond acceptors (Lipinski definition) is 6. The van der Waals surface area contributed by atoms with Crippen LogP contribution in [0.3, 0.4) is 0 Å². The lowest BCUT2D eigenvalue weighted by atomic mass is 10.2. The molecule has 7 heteroatoms. The van der Waals surface area contributed by atoms with Crippen LogP contribution in [-0.2, 0) is 4.74 Å². The van der Waals surface area contributed by atoms with Crippen LogP contribution in [-0.4, -0.2) is 63.3 Å². The van der Waals surface area contributed by atoms with Gasteiger partial charge in [0.2, 0.25) is 5.95 Å². The van der Waals surface area contributed by atoms with E-state index in [1.807, 2.05) is 33.1 Å². The fourth-order valence-corrected chi connectivity index (χ4v) is 2.07. The predicted octanol–water partition coefficient (Wildman–Crippen LogP) is 0.517. The highest BCUT2D eigenvalue weighted by Crippen LogP contribution is 2.15. The summed E-state index contributed by atoms with van der Waals surface area (Å²) in [6.45, 7) is 1.31. The number of anilines is 2. The smallest absolute Gasteiger partial charge is 0.270 e. The van der Waals surface area contributed by atoms with Crippen molar-refractivity contribution in [1.82, 2.24) is 15.3 Å². The van der Waals surface area contributed by atoms with Crippen LogP contribution in [0.5, 0.6) is 0 Å². The van der Waals surface area contributed by atoms with Crippen molar-refractivity contribution in [3.05, 3.63) is 11.8 Å². The Balaban J connectivity index is 2.11. The van der Waals surface area contributed by atoms with Gasteiger partial charge >= 0.3 is 0 Å². The minimum Gasteiger partial charge on any atom is -0.376 e. The van der Waals surface area contributed by atoms with Crippen LogP contribution in [0.2, 0.25) is 0 Å². The maximum absolute atomic E-state index is 12.3. The van der Waals surface area contributed by atoms with Crippen LogP contribution in [0.15, 0.2) is 6.07 Å². The highest BCUT2D eigenvalue weighted by Gasteiger charge is 2.18. The number of rotatable bonds is 5. The number of amides is 1. The quantitative estimate of drug-likeness (QED) is 0.853. The Hall–Kier alpha value is -1.89. The van der Waals surface area contributed by atoms with Crippen molar-refractivity contribution in [2.75, 3.05) is 51.1 Å². The number of nitrogens with zero attached hydrogens (tertiary/aromatic N) is 4. The molecule has 1 N–H and O–H groups in total. The molecular formula is C14H23N5O2. The highest BCUT2D eigenvalue weighted by molar-refractivity contribution is 5.93. The summed E-state index contributed by atoms with van der Waals surface area (Å²) in [4.78, 5) is 24.6. The van der Waals surface area contributed by atoms with E-state index < -0.39 is 0 Å². The van der Waals surface area contributed by atoms with E-state index in [1.54, 1.807) is 11.0 Å². The molecule has 1 unspecified atom stereocenters. The molecular weight excluding hydrogens is 270 g/mol. The molecule has 1 aromatic heterocycles. The molecule has 1 aliphatic heterocycles. The Morgan fingerprint density at radius 3 is 2.67 bits per heavy atom. The summed E-state index contributed by atoms with van der Waals surface area (Å²) < 4.78 is 5.50. The van der Waals surface area contributed by atoms with Gasteiger partial charge in [-0.1, -0.05) is 0 Å². The number of aromatic nitrogens is 2. The molecule has 1 atom stereocenters. The van der Waals surface area contributed by atoms with Gasteiger partial charge in [0.05, 0.1) is 6.10 Å². The number of nitrogens with one attached hydrogen (secondary N) is 1. The summed E-state index contributed by atoms with van der Waals surface area (Å²) in [7, 11) is 7.47. The van der Waals surface area contributed by atoms with Gasteiger partial charge in [0, 0.05) is 47.4 Å². The maximum atomic E-state index is 12.3. The van der Waals surface area contributed by atoms with Gasteiger partial charge in [-0.15, -0.1) is 0 Å². The maximum Gasteiger partial charge on any atom is 0.270 e. The molecule has 1 aromatic rings. The van der Waals surface area contributed by atoms with Crippen LogP contribution in [0, 0.1) is 0 Å². The average Bonchev–Trinajstić information content (AvgIpc) is 2.97. The van der Waals surface area contributed by atoms with Crippen molar-refractivity contribution < 1.29 is 9.53 Å². The second kappa shape index (κ2) is 6.71. The molecule has 0 aromatic carbocycles. The number of carbonyl (C=O) groups excluding carboxylic acids is 1. The first-order chi connectivity index (χ1) is 9.97. The summed E-state index contributed by atoms with van der Waals surface area (Å²) in [6.07, 6.45) is 2.18. The lowest BCUT2D eigenvalue weighted by Crippen LogP contribution is -2.33. The van der Waals surface area contributed by atoms with Gasteiger partial charge in [-0.25, -0.2) is 4.98 Å². The van der Waals surface area contributed by atoms with Crippen molar-refractivity contribution in [2.45, 2.75) is 18.9 Å². The van der Waals surface area contributed by atoms with E-state index in [2.05, 4.69) is 15.3 Å². The fraction of sp³-hybridized carbons (Fsp3) is 0.643. The zero-order valence-electron chi connectivity index (χ0n) is 13.1. The van der Waals surface area contributed by atoms with E-state index in [0.29, 0.717) is 24.0 Å². The largest absolute Gasteiger partial charge is 0.376 e. The molecule has 0 spiro atoms. The molecule has 2 heterocycles. The summed E-state index contributed by atoms with van der Waals surface area (Å²) in [6, 6.07) is 1.69. The van der Waals surface area contributed by atoms with Crippen LogP contribution in [0.4, 0.5) is 11.8 Å². The Morgan fingerprint density at radius 1 is 1.33 bits per heavy atom.